The van der Waals surface area contributed by atoms with Gasteiger partial charge in [0.1, 0.15) is 0 Å². The molecule has 0 spiro atoms. The number of hydrogen-bond acceptors (Lipinski definition) is 9. The summed E-state index contributed by atoms with van der Waals surface area (Å²) in [6.45, 7) is 33.7. The smallest absolute Gasteiger partial charge is 0.309 e. The molecule has 3 unspecified atom stereocenters. The molecule has 0 aromatic heterocycles. The first-order chi connectivity index (χ1) is 23.7. The Morgan fingerprint density at radius 2 is 0.944 bits per heavy atom. The van der Waals surface area contributed by atoms with Gasteiger partial charge in [-0.2, -0.15) is 16.8 Å². The molecular formula is C37H76N2O13S2. The van der Waals surface area contributed by atoms with E-state index in [9.17, 15) is 36.0 Å². The van der Waals surface area contributed by atoms with Crippen LogP contribution in [0.3, 0.4) is 0 Å². The van der Waals surface area contributed by atoms with E-state index in [2.05, 4.69) is 31.1 Å². The molecule has 0 radical (unpaired) electrons. The molecule has 0 aliphatic carbocycles. The van der Waals surface area contributed by atoms with Crippen LogP contribution < -0.4 is 10.6 Å². The molecule has 2 amide bonds. The Hall–Kier alpha value is -2.76. The van der Waals surface area contributed by atoms with Crippen LogP contribution in [-0.2, 0) is 39.4 Å². The maximum Gasteiger partial charge on any atom is 0.309 e. The first-order valence-electron chi connectivity index (χ1n) is 18.1. The van der Waals surface area contributed by atoms with E-state index in [-0.39, 0.29) is 29.6 Å². The monoisotopic (exact) mass is 820 g/mol. The predicted octanol–water partition coefficient (Wildman–Crippen LogP) is 6.99. The number of nitrogens with one attached hydrogen (secondary N) is 2. The highest BCUT2D eigenvalue weighted by molar-refractivity contribution is 7.86. The summed E-state index contributed by atoms with van der Waals surface area (Å²) < 4.78 is 60.3. The molecule has 0 saturated carbocycles. The number of hydrogen-bond donors (Lipinski definition) is 7. The predicted molar refractivity (Wildman–Crippen MR) is 215 cm³/mol. The van der Waals surface area contributed by atoms with Gasteiger partial charge in [0.15, 0.2) is 0 Å². The van der Waals surface area contributed by atoms with Gasteiger partial charge >= 0.3 is 11.9 Å². The van der Waals surface area contributed by atoms with Gasteiger partial charge in [0, 0.05) is 17.3 Å². The summed E-state index contributed by atoms with van der Waals surface area (Å²) in [7, 11) is -8.17. The van der Waals surface area contributed by atoms with Crippen molar-refractivity contribution < 1.29 is 60.4 Å². The Kier molecular flexibility index (Phi) is 29.3. The van der Waals surface area contributed by atoms with Crippen LogP contribution in [0.25, 0.3) is 0 Å². The first kappa shape index (κ1) is 60.5. The molecule has 324 valence electrons. The van der Waals surface area contributed by atoms with Crippen molar-refractivity contribution in [2.75, 3.05) is 11.5 Å². The summed E-state index contributed by atoms with van der Waals surface area (Å²) in [5, 5.41) is 30.6. The van der Waals surface area contributed by atoms with Crippen LogP contribution >= 0.6 is 0 Å². The molecule has 0 bridgehead atoms. The number of carboxylic acid groups (broad SMARTS) is 2. The van der Waals surface area contributed by atoms with Crippen molar-refractivity contribution in [3.05, 3.63) is 12.3 Å². The van der Waals surface area contributed by atoms with Crippen molar-refractivity contribution in [3.8, 4) is 0 Å². The van der Waals surface area contributed by atoms with E-state index in [0.717, 1.165) is 6.42 Å². The van der Waals surface area contributed by atoms with E-state index in [4.69, 9.17) is 24.4 Å². The number of carboxylic acids is 2. The highest BCUT2D eigenvalue weighted by Crippen LogP contribution is 2.21. The van der Waals surface area contributed by atoms with E-state index in [1.54, 1.807) is 69.2 Å². The minimum Gasteiger partial charge on any atom is -0.513 e. The maximum absolute atomic E-state index is 11.8. The lowest BCUT2D eigenvalue weighted by molar-refractivity contribution is -0.147. The summed E-state index contributed by atoms with van der Waals surface area (Å²) in [5.41, 5.74) is -3.01. The molecule has 0 heterocycles. The summed E-state index contributed by atoms with van der Waals surface area (Å²) in [6, 6.07) is 0. The average molecular weight is 821 g/mol. The number of aliphatic hydroxyl groups excluding tert-OH is 1. The Balaban J connectivity index is -0.000000194. The number of allylic oxidation sites excluding steroid dienone is 1. The molecule has 0 saturated heterocycles. The summed E-state index contributed by atoms with van der Waals surface area (Å²) in [4.78, 5) is 43.5. The lowest BCUT2D eigenvalue weighted by Gasteiger charge is -2.30. The van der Waals surface area contributed by atoms with Crippen LogP contribution in [0.4, 0.5) is 0 Å². The summed E-state index contributed by atoms with van der Waals surface area (Å²) in [6.07, 6.45) is 2.74. The van der Waals surface area contributed by atoms with Crippen molar-refractivity contribution in [2.45, 2.75) is 154 Å². The van der Waals surface area contributed by atoms with Crippen LogP contribution in [0, 0.1) is 34.5 Å². The number of amides is 2. The van der Waals surface area contributed by atoms with Gasteiger partial charge in [-0.05, 0) is 73.1 Å². The molecule has 15 nitrogen and oxygen atoms in total. The second-order valence-corrected chi connectivity index (χ2v) is 19.3. The van der Waals surface area contributed by atoms with Crippen LogP contribution in [-0.4, -0.2) is 87.6 Å². The highest BCUT2D eigenvalue weighted by Gasteiger charge is 2.33. The van der Waals surface area contributed by atoms with Crippen molar-refractivity contribution >= 4 is 44.0 Å². The van der Waals surface area contributed by atoms with Gasteiger partial charge in [0.2, 0.25) is 11.8 Å². The van der Waals surface area contributed by atoms with Crippen LogP contribution in [0.5, 0.6) is 0 Å². The van der Waals surface area contributed by atoms with Gasteiger partial charge < -0.3 is 26.0 Å². The Labute approximate surface area is 327 Å². The molecule has 0 aliphatic rings. The molecular weight excluding hydrogens is 745 g/mol. The van der Waals surface area contributed by atoms with Gasteiger partial charge in [-0.15, -0.1) is 0 Å². The zero-order valence-corrected chi connectivity index (χ0v) is 37.7. The standard InChI is InChI=1S/C10H21NO4S.C9H19NO4S.C7H14O.C6H12O2.C5H10O2/c1-6-9(2,3)8(12)11-10(4,5)7-16(13,14)15;1-5-7(2)8(11)10-9(3,4)6-15(12,13)14;1-5(2)6(3)7(4)8;1-4-6(2,3)5(7)8;1-3-4(2)5(6)7/h6-7H2,1-5H3,(H,11,12)(H,13,14,15);7H,5-6H2,1-4H3,(H,10,11)(H,12,13,14);5-6,8H,4H2,1-3H3;4H2,1-3H3,(H,7,8);4H,3H2,1-2H3,(H,6,7). The number of aliphatic hydroxyl groups is 1. The van der Waals surface area contributed by atoms with E-state index in [1.807, 2.05) is 34.6 Å². The van der Waals surface area contributed by atoms with Gasteiger partial charge in [-0.1, -0.05) is 82.7 Å². The van der Waals surface area contributed by atoms with E-state index in [1.165, 1.54) is 0 Å². The van der Waals surface area contributed by atoms with Crippen LogP contribution in [0.15, 0.2) is 12.3 Å². The fourth-order valence-electron chi connectivity index (χ4n) is 2.97. The minimum atomic E-state index is -4.09. The fourth-order valence-corrected chi connectivity index (χ4v) is 4.94. The van der Waals surface area contributed by atoms with E-state index >= 15 is 0 Å². The Morgan fingerprint density at radius 1 is 0.611 bits per heavy atom. The molecule has 0 aliphatic heterocycles. The molecule has 0 rings (SSSR count). The van der Waals surface area contributed by atoms with Gasteiger partial charge in [-0.3, -0.25) is 28.3 Å². The van der Waals surface area contributed by atoms with E-state index in [0.29, 0.717) is 30.9 Å². The number of rotatable bonds is 16. The van der Waals surface area contributed by atoms with Crippen molar-refractivity contribution in [2.24, 2.45) is 34.5 Å². The molecule has 0 aromatic carbocycles. The lowest BCUT2D eigenvalue weighted by Crippen LogP contribution is -2.52. The third-order valence-corrected chi connectivity index (χ3v) is 10.8. The normalized spacial score (nSPS) is 13.6. The lowest BCUT2D eigenvalue weighted by atomic mass is 9.88. The highest BCUT2D eigenvalue weighted by atomic mass is 32.2. The molecule has 54 heavy (non-hydrogen) atoms. The molecule has 0 fully saturated rings. The van der Waals surface area contributed by atoms with Gasteiger partial charge in [0.25, 0.3) is 20.2 Å². The summed E-state index contributed by atoms with van der Waals surface area (Å²) in [5.74, 6) is -2.15. The largest absolute Gasteiger partial charge is 0.513 e. The zero-order valence-electron chi connectivity index (χ0n) is 36.1. The molecule has 0 aromatic rings. The quantitative estimate of drug-likeness (QED) is 0.0612. The van der Waals surface area contributed by atoms with Crippen molar-refractivity contribution in [1.29, 1.82) is 0 Å². The zero-order chi connectivity index (χ0) is 44.9. The van der Waals surface area contributed by atoms with E-state index < -0.39 is 65.6 Å². The van der Waals surface area contributed by atoms with Crippen LogP contribution in [0.1, 0.15) is 143 Å². The number of carbonyl (C=O) groups excluding carboxylic acids is 2. The minimum absolute atomic E-state index is 0.161. The third kappa shape index (κ3) is 35.0. The Bertz CT molecular complexity index is 1370. The maximum atomic E-state index is 11.8. The topological polar surface area (TPSA) is 262 Å². The summed E-state index contributed by atoms with van der Waals surface area (Å²) >= 11 is 0. The molecule has 17 heteroatoms. The fraction of sp³-hybridized carbons (Fsp3) is 0.838. The average Bonchev–Trinajstić information content (AvgIpc) is 2.97. The van der Waals surface area contributed by atoms with Crippen molar-refractivity contribution in [1.82, 2.24) is 10.6 Å². The second kappa shape index (κ2) is 26.2. The third-order valence-electron chi connectivity index (χ3n) is 8.58. The molecule has 7 N–H and O–H groups in total. The van der Waals surface area contributed by atoms with Gasteiger partial charge in [0.05, 0.1) is 39.7 Å². The first-order valence-corrected chi connectivity index (χ1v) is 21.3. The van der Waals surface area contributed by atoms with Crippen molar-refractivity contribution in [3.63, 3.8) is 0 Å². The van der Waals surface area contributed by atoms with Gasteiger partial charge in [-0.25, -0.2) is 0 Å². The SMILES string of the molecule is C=C(O)C(C)C(C)C.CCC(C)(C)C(=O)NC(C)(C)CS(=O)(=O)O.CCC(C)(C)C(=O)O.CCC(C)C(=O)NC(C)(C)CS(=O)(=O)O.CCC(C)C(=O)O. The molecule has 3 atom stereocenters. The number of aliphatic carboxylic acids is 2. The van der Waals surface area contributed by atoms with Crippen LogP contribution in [0.2, 0.25) is 0 Å². The Morgan fingerprint density at radius 3 is 1.11 bits per heavy atom. The number of carbonyl (C=O) groups is 4. The second-order valence-electron chi connectivity index (χ2n) is 16.4.